The molecule has 176 valence electrons. The third-order valence-electron chi connectivity index (χ3n) is 5.93. The molecule has 1 heterocycles. The highest BCUT2D eigenvalue weighted by Gasteiger charge is 2.12. The molecule has 6 nitrogen and oxygen atoms in total. The van der Waals surface area contributed by atoms with Gasteiger partial charge in [0.05, 0.1) is 25.3 Å². The largest absolute Gasteiger partial charge is 0.493 e. The van der Waals surface area contributed by atoms with E-state index in [1.54, 1.807) is 32.4 Å². The first-order chi connectivity index (χ1) is 16.7. The molecular formula is C28H31N3O3. The van der Waals surface area contributed by atoms with Crippen LogP contribution in [0.2, 0.25) is 0 Å². The molecule has 0 unspecified atom stereocenters. The van der Waals surface area contributed by atoms with Crippen LogP contribution in [-0.2, 0) is 13.0 Å². The number of para-hydroxylation sites is 2. The number of benzene rings is 3. The average Bonchev–Trinajstić information content (AvgIpc) is 3.23. The Bertz CT molecular complexity index is 1230. The highest BCUT2D eigenvalue weighted by molar-refractivity contribution is 5.94. The van der Waals surface area contributed by atoms with Crippen molar-refractivity contribution in [3.8, 4) is 11.5 Å². The number of imidazole rings is 1. The number of methoxy groups -OCH3 is 2. The minimum atomic E-state index is -0.106. The van der Waals surface area contributed by atoms with Crippen molar-refractivity contribution in [2.24, 2.45) is 0 Å². The maximum absolute atomic E-state index is 12.5. The quantitative estimate of drug-likeness (QED) is 0.313. The Kier molecular flexibility index (Phi) is 7.81. The van der Waals surface area contributed by atoms with Crippen LogP contribution in [0.4, 0.5) is 0 Å². The summed E-state index contributed by atoms with van der Waals surface area (Å²) in [6.07, 6.45) is 3.86. The van der Waals surface area contributed by atoms with Gasteiger partial charge in [0, 0.05) is 25.1 Å². The maximum Gasteiger partial charge on any atom is 0.251 e. The lowest BCUT2D eigenvalue weighted by atomic mass is 10.1. The Morgan fingerprint density at radius 1 is 0.882 bits per heavy atom. The molecule has 34 heavy (non-hydrogen) atoms. The summed E-state index contributed by atoms with van der Waals surface area (Å²) < 4.78 is 12.8. The minimum absolute atomic E-state index is 0.106. The first-order valence-electron chi connectivity index (χ1n) is 11.7. The second-order valence-corrected chi connectivity index (χ2v) is 8.22. The van der Waals surface area contributed by atoms with Crippen LogP contribution >= 0.6 is 0 Å². The number of amides is 1. The summed E-state index contributed by atoms with van der Waals surface area (Å²) in [4.78, 5) is 17.4. The molecule has 0 aliphatic rings. The van der Waals surface area contributed by atoms with Crippen LogP contribution in [0.25, 0.3) is 11.0 Å². The molecule has 4 rings (SSSR count). The molecule has 0 bridgehead atoms. The van der Waals surface area contributed by atoms with Gasteiger partial charge < -0.3 is 19.4 Å². The first-order valence-corrected chi connectivity index (χ1v) is 11.7. The van der Waals surface area contributed by atoms with Gasteiger partial charge in [-0.15, -0.1) is 0 Å². The van der Waals surface area contributed by atoms with E-state index in [2.05, 4.69) is 52.3 Å². The SMILES string of the molecule is COc1ccc(C(=O)NCCCCCc2nc3ccccc3n2Cc2ccccc2)cc1OC. The third kappa shape index (κ3) is 5.57. The van der Waals surface area contributed by atoms with Gasteiger partial charge in [0.2, 0.25) is 0 Å². The molecule has 1 N–H and O–H groups in total. The highest BCUT2D eigenvalue weighted by atomic mass is 16.5. The van der Waals surface area contributed by atoms with Gasteiger partial charge in [-0.05, 0) is 48.7 Å². The summed E-state index contributed by atoms with van der Waals surface area (Å²) in [5, 5.41) is 3.00. The van der Waals surface area contributed by atoms with E-state index in [9.17, 15) is 4.79 Å². The van der Waals surface area contributed by atoms with Crippen molar-refractivity contribution < 1.29 is 14.3 Å². The zero-order valence-electron chi connectivity index (χ0n) is 19.8. The second-order valence-electron chi connectivity index (χ2n) is 8.22. The van der Waals surface area contributed by atoms with Gasteiger partial charge in [0.1, 0.15) is 5.82 Å². The third-order valence-corrected chi connectivity index (χ3v) is 5.93. The Morgan fingerprint density at radius 3 is 2.44 bits per heavy atom. The maximum atomic E-state index is 12.5. The number of hydrogen-bond donors (Lipinski definition) is 1. The lowest BCUT2D eigenvalue weighted by Crippen LogP contribution is -2.24. The summed E-state index contributed by atoms with van der Waals surface area (Å²) >= 11 is 0. The predicted molar refractivity (Wildman–Crippen MR) is 135 cm³/mol. The monoisotopic (exact) mass is 457 g/mol. The van der Waals surface area contributed by atoms with Crippen molar-refractivity contribution in [1.29, 1.82) is 0 Å². The van der Waals surface area contributed by atoms with Gasteiger partial charge in [0.25, 0.3) is 5.91 Å². The molecule has 1 aromatic heterocycles. The number of nitrogens with one attached hydrogen (secondary N) is 1. The van der Waals surface area contributed by atoms with Gasteiger partial charge in [0.15, 0.2) is 11.5 Å². The molecular weight excluding hydrogens is 426 g/mol. The Labute approximate surface area is 200 Å². The highest BCUT2D eigenvalue weighted by Crippen LogP contribution is 2.27. The first kappa shape index (κ1) is 23.4. The van der Waals surface area contributed by atoms with E-state index in [0.29, 0.717) is 23.6 Å². The fourth-order valence-corrected chi connectivity index (χ4v) is 4.13. The van der Waals surface area contributed by atoms with Crippen molar-refractivity contribution in [2.45, 2.75) is 32.2 Å². The molecule has 0 saturated carbocycles. The minimum Gasteiger partial charge on any atom is -0.493 e. The van der Waals surface area contributed by atoms with Crippen LogP contribution in [-0.4, -0.2) is 36.2 Å². The normalized spacial score (nSPS) is 10.9. The molecule has 0 aliphatic carbocycles. The van der Waals surface area contributed by atoms with Crippen LogP contribution in [0.15, 0.2) is 72.8 Å². The Hall–Kier alpha value is -3.80. The lowest BCUT2D eigenvalue weighted by molar-refractivity contribution is 0.0952. The predicted octanol–water partition coefficient (Wildman–Crippen LogP) is 5.24. The Balaban J connectivity index is 1.29. The molecule has 6 heteroatoms. The van der Waals surface area contributed by atoms with Gasteiger partial charge in [-0.25, -0.2) is 4.98 Å². The van der Waals surface area contributed by atoms with E-state index >= 15 is 0 Å². The van der Waals surface area contributed by atoms with Crippen molar-refractivity contribution >= 4 is 16.9 Å². The molecule has 0 fully saturated rings. The fourth-order valence-electron chi connectivity index (χ4n) is 4.13. The van der Waals surface area contributed by atoms with Crippen LogP contribution in [0.1, 0.15) is 41.0 Å². The van der Waals surface area contributed by atoms with Gasteiger partial charge >= 0.3 is 0 Å². The topological polar surface area (TPSA) is 65.4 Å². The summed E-state index contributed by atoms with van der Waals surface area (Å²) in [5.41, 5.74) is 4.04. The number of hydrogen-bond acceptors (Lipinski definition) is 4. The summed E-state index contributed by atoms with van der Waals surface area (Å²) in [7, 11) is 3.14. The number of nitrogens with zero attached hydrogens (tertiary/aromatic N) is 2. The molecule has 0 aliphatic heterocycles. The van der Waals surface area contributed by atoms with E-state index in [1.165, 1.54) is 11.1 Å². The fraction of sp³-hybridized carbons (Fsp3) is 0.286. The lowest BCUT2D eigenvalue weighted by Gasteiger charge is -2.11. The molecule has 0 radical (unpaired) electrons. The van der Waals surface area contributed by atoms with Gasteiger partial charge in [-0.3, -0.25) is 4.79 Å². The van der Waals surface area contributed by atoms with E-state index in [1.807, 2.05) is 12.1 Å². The van der Waals surface area contributed by atoms with Crippen molar-refractivity contribution in [2.75, 3.05) is 20.8 Å². The molecule has 0 atom stereocenters. The van der Waals surface area contributed by atoms with Crippen LogP contribution < -0.4 is 14.8 Å². The zero-order chi connectivity index (χ0) is 23.8. The number of fused-ring (bicyclic) bond motifs is 1. The molecule has 0 saturated heterocycles. The van der Waals surface area contributed by atoms with Crippen LogP contribution in [0.5, 0.6) is 11.5 Å². The molecule has 0 spiro atoms. The van der Waals surface area contributed by atoms with E-state index in [-0.39, 0.29) is 5.91 Å². The van der Waals surface area contributed by atoms with Crippen LogP contribution in [0.3, 0.4) is 0 Å². The van der Waals surface area contributed by atoms with Crippen molar-refractivity contribution in [3.05, 3.63) is 89.7 Å². The van der Waals surface area contributed by atoms with Crippen molar-refractivity contribution in [3.63, 3.8) is 0 Å². The van der Waals surface area contributed by atoms with Crippen LogP contribution in [0, 0.1) is 0 Å². The van der Waals surface area contributed by atoms with E-state index < -0.39 is 0 Å². The van der Waals surface area contributed by atoms with Gasteiger partial charge in [-0.1, -0.05) is 48.9 Å². The molecule has 1 amide bonds. The number of carbonyl (C=O) groups excluding carboxylic acids is 1. The number of unbranched alkanes of at least 4 members (excludes halogenated alkanes) is 2. The smallest absolute Gasteiger partial charge is 0.251 e. The zero-order valence-corrected chi connectivity index (χ0v) is 19.8. The Morgan fingerprint density at radius 2 is 1.65 bits per heavy atom. The van der Waals surface area contributed by atoms with E-state index in [0.717, 1.165) is 43.6 Å². The summed E-state index contributed by atoms with van der Waals surface area (Å²) in [6.45, 7) is 1.45. The summed E-state index contributed by atoms with van der Waals surface area (Å²) in [6, 6.07) is 24.0. The summed E-state index contributed by atoms with van der Waals surface area (Å²) in [5.74, 6) is 2.16. The number of aromatic nitrogens is 2. The van der Waals surface area contributed by atoms with E-state index in [4.69, 9.17) is 14.5 Å². The number of ether oxygens (including phenoxy) is 2. The number of carbonyl (C=O) groups is 1. The van der Waals surface area contributed by atoms with Crippen molar-refractivity contribution in [1.82, 2.24) is 14.9 Å². The molecule has 4 aromatic rings. The average molecular weight is 458 g/mol. The second kappa shape index (κ2) is 11.4. The molecule has 3 aromatic carbocycles. The standard InChI is InChI=1S/C28H31N3O3/c1-33-25-17-16-22(19-26(25)34-2)28(32)29-18-10-4-7-15-27-30-23-13-8-9-14-24(23)31(27)20-21-11-5-3-6-12-21/h3,5-6,8-9,11-14,16-17,19H,4,7,10,15,18,20H2,1-2H3,(H,29,32). The van der Waals surface area contributed by atoms with Gasteiger partial charge in [-0.2, -0.15) is 0 Å². The number of aryl methyl sites for hydroxylation is 1. The number of rotatable bonds is 11.